The molecule has 208 valence electrons. The molecule has 6 atom stereocenters. The highest BCUT2D eigenvalue weighted by molar-refractivity contribution is 5.86. The first-order valence-electron chi connectivity index (χ1n) is 14.5. The van der Waals surface area contributed by atoms with E-state index in [0.29, 0.717) is 11.3 Å². The van der Waals surface area contributed by atoms with Crippen LogP contribution in [0.15, 0.2) is 36.4 Å². The lowest BCUT2D eigenvalue weighted by atomic mass is 9.51. The zero-order valence-corrected chi connectivity index (χ0v) is 23.9. The van der Waals surface area contributed by atoms with Crippen molar-refractivity contribution < 1.29 is 24.2 Å². The Morgan fingerprint density at radius 3 is 2.54 bits per heavy atom. The first kappa shape index (κ1) is 29.6. The Morgan fingerprint density at radius 2 is 1.92 bits per heavy atom. The molecule has 3 saturated carbocycles. The van der Waals surface area contributed by atoms with E-state index in [4.69, 9.17) is 9.84 Å². The third-order valence-electron chi connectivity index (χ3n) is 9.37. The van der Waals surface area contributed by atoms with Gasteiger partial charge in [-0.25, -0.2) is 4.79 Å². The second kappa shape index (κ2) is 13.2. The number of likely N-dealkylation sites (N-methyl/N-ethyl adjacent to an activating group) is 1. The summed E-state index contributed by atoms with van der Waals surface area (Å²) in [7, 11) is 6.50. The van der Waals surface area contributed by atoms with Crippen LogP contribution in [0.5, 0.6) is 0 Å². The lowest BCUT2D eigenvalue weighted by Crippen LogP contribution is -2.46. The minimum Gasteiger partial charge on any atom is -0.512 e. The molecule has 5 rings (SSSR count). The number of nitrogens with zero attached hydrogens (tertiary/aromatic N) is 2. The van der Waals surface area contributed by atoms with E-state index in [-0.39, 0.29) is 5.56 Å². The fourth-order valence-electron chi connectivity index (χ4n) is 7.44. The van der Waals surface area contributed by atoms with Crippen molar-refractivity contribution >= 4 is 5.97 Å². The summed E-state index contributed by atoms with van der Waals surface area (Å²) in [6.45, 7) is 7.38. The van der Waals surface area contributed by atoms with Gasteiger partial charge in [0, 0.05) is 24.9 Å². The Labute approximate surface area is 224 Å². The second-order valence-electron chi connectivity index (χ2n) is 12.8. The maximum absolute atomic E-state index is 10.4. The van der Waals surface area contributed by atoms with Gasteiger partial charge in [-0.3, -0.25) is 4.98 Å². The lowest BCUT2D eigenvalue weighted by Gasteiger charge is -2.54. The van der Waals surface area contributed by atoms with Gasteiger partial charge in [-0.15, -0.1) is 0 Å². The molecular weight excluding hydrogens is 464 g/mol. The van der Waals surface area contributed by atoms with Gasteiger partial charge in [0.15, 0.2) is 0 Å². The first-order chi connectivity index (χ1) is 17.6. The Kier molecular flexibility index (Phi) is 10.6. The second-order valence-corrected chi connectivity index (χ2v) is 12.8. The van der Waals surface area contributed by atoms with Crippen LogP contribution >= 0.6 is 0 Å². The summed E-state index contributed by atoms with van der Waals surface area (Å²) in [5.41, 5.74) is 0.875. The largest absolute Gasteiger partial charge is 0.512 e. The van der Waals surface area contributed by atoms with Gasteiger partial charge >= 0.3 is 5.97 Å². The van der Waals surface area contributed by atoms with Crippen LogP contribution in [0.2, 0.25) is 0 Å². The number of aromatic carboxylic acids is 1. The fourth-order valence-corrected chi connectivity index (χ4v) is 7.44. The zero-order valence-electron chi connectivity index (χ0n) is 23.9. The molecule has 0 saturated heterocycles. The molecule has 0 amide bonds. The van der Waals surface area contributed by atoms with Crippen molar-refractivity contribution in [3.05, 3.63) is 41.9 Å². The average Bonchev–Trinajstić information content (AvgIpc) is 3.27. The average molecular weight is 516 g/mol. The molecule has 0 aliphatic heterocycles. The number of ether oxygens (including phenoxy) is 1. The van der Waals surface area contributed by atoms with Crippen LogP contribution in [-0.4, -0.2) is 66.6 Å². The number of pyridine rings is 1. The molecule has 6 nitrogen and oxygen atoms in total. The maximum atomic E-state index is 10.4. The SMILES string of the molecule is CCOCC[N+](C)(C)C.C[C@@]12CCC[C@H]1[C@@H]1CCC3CCC=C(O)[C@@H]3[C@H]1CC2.O=C(O)c1cccnc1. The zero-order chi connectivity index (χ0) is 27.1. The molecule has 0 bridgehead atoms. The van der Waals surface area contributed by atoms with E-state index < -0.39 is 5.97 Å². The van der Waals surface area contributed by atoms with Crippen molar-refractivity contribution in [2.45, 2.75) is 71.6 Å². The van der Waals surface area contributed by atoms with Crippen LogP contribution in [0, 0.1) is 35.0 Å². The van der Waals surface area contributed by atoms with Crippen molar-refractivity contribution in [3.63, 3.8) is 0 Å². The number of carbonyl (C=O) groups is 1. The molecule has 0 spiro atoms. The lowest BCUT2D eigenvalue weighted by molar-refractivity contribution is -0.870. The minimum absolute atomic E-state index is 0.220. The third kappa shape index (κ3) is 8.03. The number of hydrogen-bond donors (Lipinski definition) is 2. The van der Waals surface area contributed by atoms with Crippen molar-refractivity contribution in [2.75, 3.05) is 40.9 Å². The van der Waals surface area contributed by atoms with E-state index >= 15 is 0 Å². The van der Waals surface area contributed by atoms with Crippen molar-refractivity contribution in [1.29, 1.82) is 0 Å². The molecule has 2 N–H and O–H groups in total. The maximum Gasteiger partial charge on any atom is 0.337 e. The van der Waals surface area contributed by atoms with E-state index in [1.54, 1.807) is 6.07 Å². The number of fused-ring (bicyclic) bond motifs is 5. The summed E-state index contributed by atoms with van der Waals surface area (Å²) in [5, 5.41) is 18.8. The van der Waals surface area contributed by atoms with Gasteiger partial charge < -0.3 is 19.4 Å². The van der Waals surface area contributed by atoms with E-state index in [1.165, 1.54) is 69.8 Å². The smallest absolute Gasteiger partial charge is 0.337 e. The van der Waals surface area contributed by atoms with Gasteiger partial charge in [-0.1, -0.05) is 13.3 Å². The van der Waals surface area contributed by atoms with Gasteiger partial charge in [-0.05, 0) is 106 Å². The summed E-state index contributed by atoms with van der Waals surface area (Å²) >= 11 is 0. The van der Waals surface area contributed by atoms with Gasteiger partial charge in [-0.2, -0.15) is 0 Å². The van der Waals surface area contributed by atoms with Crippen LogP contribution in [0.3, 0.4) is 0 Å². The Bertz CT molecular complexity index is 881. The molecule has 1 heterocycles. The molecule has 1 aromatic heterocycles. The summed E-state index contributed by atoms with van der Waals surface area (Å²) in [6.07, 6.45) is 17.5. The van der Waals surface area contributed by atoms with Crippen LogP contribution < -0.4 is 0 Å². The number of quaternary nitrogens is 1. The number of rotatable bonds is 5. The highest BCUT2D eigenvalue weighted by Gasteiger charge is 2.53. The monoisotopic (exact) mass is 515 g/mol. The highest BCUT2D eigenvalue weighted by Crippen LogP contribution is 2.62. The van der Waals surface area contributed by atoms with E-state index in [9.17, 15) is 9.90 Å². The number of carboxylic acids is 1. The molecule has 1 aromatic rings. The van der Waals surface area contributed by atoms with Crippen LogP contribution in [0.4, 0.5) is 0 Å². The predicted molar refractivity (Wildman–Crippen MR) is 148 cm³/mol. The van der Waals surface area contributed by atoms with Crippen LogP contribution in [0.25, 0.3) is 0 Å². The number of aromatic nitrogens is 1. The quantitative estimate of drug-likeness (QED) is 0.342. The highest BCUT2D eigenvalue weighted by atomic mass is 16.5. The standard InChI is InChI=1S/C18H28O.C7H18NO.C6H5NO2/c1-18-10-3-5-15(18)13-8-7-12-4-2-6-16(19)17(12)14(13)9-11-18;1-5-9-7-6-8(2,3)4;8-6(9)5-2-1-3-7-4-5/h6,12-15,17,19H,2-5,7-11H2,1H3;5-7H2,1-4H3;1-4H,(H,8,9)/q;+1;/t12?,13-,14+,15+,17+,18+;;/m1../s1. The molecule has 1 unspecified atom stereocenters. The molecule has 0 aromatic carbocycles. The number of aliphatic hydroxyl groups excluding tert-OH is 1. The molecular formula is C31H51N2O4+. The van der Waals surface area contributed by atoms with E-state index in [1.807, 2.05) is 6.92 Å². The van der Waals surface area contributed by atoms with Crippen molar-refractivity contribution in [3.8, 4) is 0 Å². The fraction of sp³-hybridized carbons (Fsp3) is 0.742. The molecule has 6 heteroatoms. The topological polar surface area (TPSA) is 79.7 Å². The normalized spacial score (nSPS) is 32.2. The van der Waals surface area contributed by atoms with Crippen LogP contribution in [-0.2, 0) is 4.74 Å². The number of allylic oxidation sites excluding steroid dienone is 2. The summed E-state index contributed by atoms with van der Waals surface area (Å²) in [4.78, 5) is 13.8. The van der Waals surface area contributed by atoms with Crippen LogP contribution in [0.1, 0.15) is 82.0 Å². The molecule has 4 aliphatic carbocycles. The Balaban J connectivity index is 0.000000178. The molecule has 4 aliphatic rings. The minimum atomic E-state index is -0.942. The number of carboxylic acid groups (broad SMARTS) is 1. The third-order valence-corrected chi connectivity index (χ3v) is 9.37. The first-order valence-corrected chi connectivity index (χ1v) is 14.5. The predicted octanol–water partition coefficient (Wildman–Crippen LogP) is 6.59. The molecule has 3 fully saturated rings. The Hall–Kier alpha value is -1.92. The van der Waals surface area contributed by atoms with Gasteiger partial charge in [0.1, 0.15) is 6.54 Å². The van der Waals surface area contributed by atoms with E-state index in [0.717, 1.165) is 60.1 Å². The van der Waals surface area contributed by atoms with E-state index in [2.05, 4.69) is 39.1 Å². The summed E-state index contributed by atoms with van der Waals surface area (Å²) < 4.78 is 6.18. The number of hydrogen-bond acceptors (Lipinski definition) is 4. The van der Waals surface area contributed by atoms with Gasteiger partial charge in [0.25, 0.3) is 0 Å². The van der Waals surface area contributed by atoms with Crippen molar-refractivity contribution in [2.24, 2.45) is 35.0 Å². The molecule has 0 radical (unpaired) electrons. The van der Waals surface area contributed by atoms with Gasteiger partial charge in [0.2, 0.25) is 0 Å². The summed E-state index contributed by atoms with van der Waals surface area (Å²) in [6, 6.07) is 3.08. The molecule has 37 heavy (non-hydrogen) atoms. The van der Waals surface area contributed by atoms with Crippen molar-refractivity contribution in [1.82, 2.24) is 4.98 Å². The van der Waals surface area contributed by atoms with Gasteiger partial charge in [0.05, 0.1) is 39.1 Å². The summed E-state index contributed by atoms with van der Waals surface area (Å²) in [5.74, 6) is 3.88. The Morgan fingerprint density at radius 1 is 1.14 bits per heavy atom. The number of aliphatic hydroxyl groups is 1.